The molecule has 2 rings (SSSR count). The largest absolute Gasteiger partial charge is 0.398 e. The molecular formula is C12H11ClFN3O2S. The van der Waals surface area contributed by atoms with Gasteiger partial charge >= 0.3 is 0 Å². The van der Waals surface area contributed by atoms with E-state index in [-0.39, 0.29) is 15.6 Å². The van der Waals surface area contributed by atoms with Crippen LogP contribution in [0.2, 0.25) is 5.02 Å². The number of nitrogens with zero attached hydrogens (tertiary/aromatic N) is 1. The third kappa shape index (κ3) is 3.00. The molecule has 2 aromatic rings. The third-order valence-electron chi connectivity index (χ3n) is 2.59. The number of nitrogen functional groups attached to an aromatic ring is 1. The van der Waals surface area contributed by atoms with E-state index in [4.69, 9.17) is 17.3 Å². The highest BCUT2D eigenvalue weighted by molar-refractivity contribution is 7.92. The van der Waals surface area contributed by atoms with Crippen molar-refractivity contribution in [2.24, 2.45) is 0 Å². The van der Waals surface area contributed by atoms with Crippen LogP contribution in [0.15, 0.2) is 35.4 Å². The maximum atomic E-state index is 12.7. The summed E-state index contributed by atoms with van der Waals surface area (Å²) in [5, 5.41) is 0.0549. The predicted molar refractivity (Wildman–Crippen MR) is 75.6 cm³/mol. The number of nitrogens with one attached hydrogen (secondary N) is 1. The van der Waals surface area contributed by atoms with Gasteiger partial charge in [-0.25, -0.2) is 13.4 Å². The summed E-state index contributed by atoms with van der Waals surface area (Å²) in [7, 11) is -3.92. The molecule has 0 radical (unpaired) electrons. The number of aryl methyl sites for hydroxylation is 1. The molecule has 0 aliphatic carbocycles. The molecule has 0 saturated heterocycles. The fourth-order valence-corrected chi connectivity index (χ4v) is 3.18. The monoisotopic (exact) mass is 315 g/mol. The SMILES string of the molecule is Cc1cc(Cl)c(S(=O)(=O)Nc2ccc(F)nc2)cc1N. The molecule has 0 spiro atoms. The maximum Gasteiger partial charge on any atom is 0.263 e. The zero-order valence-corrected chi connectivity index (χ0v) is 12.0. The first-order valence-corrected chi connectivity index (χ1v) is 7.36. The molecular weight excluding hydrogens is 305 g/mol. The summed E-state index contributed by atoms with van der Waals surface area (Å²) in [6.45, 7) is 1.72. The number of aromatic nitrogens is 1. The number of halogens is 2. The molecule has 0 amide bonds. The van der Waals surface area contributed by atoms with E-state index in [9.17, 15) is 12.8 Å². The highest BCUT2D eigenvalue weighted by Crippen LogP contribution is 2.28. The second kappa shape index (κ2) is 5.26. The van der Waals surface area contributed by atoms with Gasteiger partial charge in [-0.1, -0.05) is 11.6 Å². The minimum Gasteiger partial charge on any atom is -0.398 e. The van der Waals surface area contributed by atoms with E-state index in [1.807, 2.05) is 0 Å². The van der Waals surface area contributed by atoms with Crippen molar-refractivity contribution in [1.29, 1.82) is 0 Å². The summed E-state index contributed by atoms with van der Waals surface area (Å²) in [6.07, 6.45) is 1.07. The van der Waals surface area contributed by atoms with Gasteiger partial charge in [-0.15, -0.1) is 0 Å². The second-order valence-electron chi connectivity index (χ2n) is 4.11. The van der Waals surface area contributed by atoms with Gasteiger partial charge in [0.05, 0.1) is 16.9 Å². The Labute approximate surface area is 120 Å². The Balaban J connectivity index is 2.40. The molecule has 1 aromatic heterocycles. The lowest BCUT2D eigenvalue weighted by Gasteiger charge is -2.11. The predicted octanol–water partition coefficient (Wildman–Crippen LogP) is 2.57. The van der Waals surface area contributed by atoms with Crippen LogP contribution in [-0.4, -0.2) is 13.4 Å². The maximum absolute atomic E-state index is 12.7. The molecule has 1 aromatic carbocycles. The third-order valence-corrected chi connectivity index (χ3v) is 4.44. The van der Waals surface area contributed by atoms with Crippen LogP contribution in [0.1, 0.15) is 5.56 Å². The molecule has 106 valence electrons. The van der Waals surface area contributed by atoms with Crippen LogP contribution in [-0.2, 0) is 10.0 Å². The van der Waals surface area contributed by atoms with Crippen molar-refractivity contribution >= 4 is 33.0 Å². The van der Waals surface area contributed by atoms with Gasteiger partial charge in [-0.3, -0.25) is 4.72 Å². The molecule has 0 atom stereocenters. The van der Waals surface area contributed by atoms with Crippen LogP contribution >= 0.6 is 11.6 Å². The van der Waals surface area contributed by atoms with E-state index in [0.29, 0.717) is 11.3 Å². The number of rotatable bonds is 3. The Morgan fingerprint density at radius 3 is 2.65 bits per heavy atom. The van der Waals surface area contributed by atoms with Crippen molar-refractivity contribution in [2.75, 3.05) is 10.5 Å². The first-order chi connectivity index (χ1) is 9.29. The summed E-state index contributed by atoms with van der Waals surface area (Å²) in [5.74, 6) is -0.703. The van der Waals surface area contributed by atoms with Gasteiger partial charge in [-0.05, 0) is 36.8 Å². The molecule has 8 heteroatoms. The molecule has 0 bridgehead atoms. The van der Waals surface area contributed by atoms with Crippen molar-refractivity contribution in [3.05, 3.63) is 47.0 Å². The highest BCUT2D eigenvalue weighted by atomic mass is 35.5. The molecule has 0 aliphatic heterocycles. The lowest BCUT2D eigenvalue weighted by atomic mass is 10.2. The van der Waals surface area contributed by atoms with Gasteiger partial charge in [0.15, 0.2) is 0 Å². The Morgan fingerprint density at radius 2 is 2.05 bits per heavy atom. The lowest BCUT2D eigenvalue weighted by molar-refractivity contribution is 0.583. The van der Waals surface area contributed by atoms with Gasteiger partial charge in [0.25, 0.3) is 10.0 Å². The summed E-state index contributed by atoms with van der Waals surface area (Å²) < 4.78 is 39.3. The van der Waals surface area contributed by atoms with Crippen LogP contribution in [0.3, 0.4) is 0 Å². The number of pyridine rings is 1. The van der Waals surface area contributed by atoms with E-state index < -0.39 is 16.0 Å². The normalized spacial score (nSPS) is 11.3. The van der Waals surface area contributed by atoms with Crippen LogP contribution in [0.5, 0.6) is 0 Å². The molecule has 0 fully saturated rings. The van der Waals surface area contributed by atoms with Crippen LogP contribution in [0.4, 0.5) is 15.8 Å². The Hall–Kier alpha value is -1.86. The van der Waals surface area contributed by atoms with Crippen molar-refractivity contribution in [3.8, 4) is 0 Å². The average molecular weight is 316 g/mol. The van der Waals surface area contributed by atoms with Gasteiger partial charge in [-0.2, -0.15) is 4.39 Å². The summed E-state index contributed by atoms with van der Waals surface area (Å²) in [4.78, 5) is 3.21. The zero-order valence-electron chi connectivity index (χ0n) is 10.4. The number of benzene rings is 1. The summed E-state index contributed by atoms with van der Waals surface area (Å²) in [5.41, 5.74) is 6.80. The first kappa shape index (κ1) is 14.5. The number of nitrogens with two attached hydrogens (primary N) is 1. The highest BCUT2D eigenvalue weighted by Gasteiger charge is 2.19. The lowest BCUT2D eigenvalue weighted by Crippen LogP contribution is -2.14. The van der Waals surface area contributed by atoms with Crippen LogP contribution in [0, 0.1) is 12.9 Å². The van der Waals surface area contributed by atoms with Gasteiger partial charge in [0.2, 0.25) is 5.95 Å². The molecule has 5 nitrogen and oxygen atoms in total. The van der Waals surface area contributed by atoms with Crippen molar-refractivity contribution in [3.63, 3.8) is 0 Å². The van der Waals surface area contributed by atoms with Gasteiger partial charge in [0, 0.05) is 5.69 Å². The fraction of sp³-hybridized carbons (Fsp3) is 0.0833. The van der Waals surface area contributed by atoms with Crippen molar-refractivity contribution < 1.29 is 12.8 Å². The van der Waals surface area contributed by atoms with Gasteiger partial charge < -0.3 is 5.73 Å². The van der Waals surface area contributed by atoms with Gasteiger partial charge in [0.1, 0.15) is 4.90 Å². The topological polar surface area (TPSA) is 85.1 Å². The van der Waals surface area contributed by atoms with E-state index in [1.165, 1.54) is 18.2 Å². The average Bonchev–Trinajstić information content (AvgIpc) is 2.36. The zero-order chi connectivity index (χ0) is 14.9. The quantitative estimate of drug-likeness (QED) is 0.673. The summed E-state index contributed by atoms with van der Waals surface area (Å²) >= 11 is 5.93. The van der Waals surface area contributed by atoms with E-state index in [1.54, 1.807) is 6.92 Å². The Kier molecular flexibility index (Phi) is 3.82. The fourth-order valence-electron chi connectivity index (χ4n) is 1.52. The van der Waals surface area contributed by atoms with Crippen molar-refractivity contribution in [1.82, 2.24) is 4.98 Å². The van der Waals surface area contributed by atoms with E-state index >= 15 is 0 Å². The van der Waals surface area contributed by atoms with Crippen LogP contribution in [0.25, 0.3) is 0 Å². The second-order valence-corrected chi connectivity index (χ2v) is 6.17. The number of hydrogen-bond donors (Lipinski definition) is 2. The number of sulfonamides is 1. The molecule has 0 aliphatic rings. The minimum absolute atomic E-state index is 0.0549. The Bertz CT molecular complexity index is 748. The number of hydrogen-bond acceptors (Lipinski definition) is 4. The standard InChI is InChI=1S/C12H11ClFN3O2S/c1-7-4-9(13)11(5-10(7)15)20(18,19)17-8-2-3-12(14)16-6-8/h2-6,17H,15H2,1H3. The molecule has 20 heavy (non-hydrogen) atoms. The van der Waals surface area contributed by atoms with E-state index in [0.717, 1.165) is 12.3 Å². The smallest absolute Gasteiger partial charge is 0.263 e. The van der Waals surface area contributed by atoms with Crippen LogP contribution < -0.4 is 10.5 Å². The molecule has 1 heterocycles. The minimum atomic E-state index is -3.92. The number of anilines is 2. The van der Waals surface area contributed by atoms with Crippen molar-refractivity contribution in [2.45, 2.75) is 11.8 Å². The molecule has 3 N–H and O–H groups in total. The molecule has 0 saturated carbocycles. The molecule has 0 unspecified atom stereocenters. The Morgan fingerprint density at radius 1 is 1.35 bits per heavy atom. The summed E-state index contributed by atoms with van der Waals surface area (Å²) in [6, 6.07) is 5.04. The van der Waals surface area contributed by atoms with E-state index in [2.05, 4.69) is 9.71 Å². The first-order valence-electron chi connectivity index (χ1n) is 5.49.